The topological polar surface area (TPSA) is 85.5 Å². The first kappa shape index (κ1) is 28.2. The lowest BCUT2D eigenvalue weighted by molar-refractivity contribution is 0.438. The molecule has 0 spiro atoms. The van der Waals surface area contributed by atoms with Gasteiger partial charge in [0.15, 0.2) is 5.82 Å². The van der Waals surface area contributed by atoms with Crippen LogP contribution in [0.2, 0.25) is 0 Å². The molecule has 0 radical (unpaired) electrons. The normalized spacial score (nSPS) is 12.7. The van der Waals surface area contributed by atoms with Gasteiger partial charge in [-0.3, -0.25) is 10.1 Å². The maximum Gasteiger partial charge on any atom is 0.159 e. The lowest BCUT2D eigenvalue weighted by atomic mass is 10.0. The van der Waals surface area contributed by atoms with E-state index in [9.17, 15) is 4.39 Å². The highest BCUT2D eigenvalue weighted by molar-refractivity contribution is 5.93. The number of fused-ring (bicyclic) bond motifs is 1. The van der Waals surface area contributed by atoms with Crippen LogP contribution in [-0.2, 0) is 0 Å². The number of likely N-dealkylation sites (N-methyl/N-ethyl adjacent to an activating group) is 1. The molecule has 0 aliphatic carbocycles. The number of hydrogen-bond donors (Lipinski definition) is 3. The number of aromatic amines is 2. The lowest BCUT2D eigenvalue weighted by Crippen LogP contribution is -2.23. The summed E-state index contributed by atoms with van der Waals surface area (Å²) in [6.45, 7) is 16.5. The molecular weight excluding hydrogens is 501 g/mol. The van der Waals surface area contributed by atoms with Crippen molar-refractivity contribution in [3.8, 4) is 11.5 Å². The molecule has 0 unspecified atom stereocenters. The number of allylic oxidation sites excluding steroid dienone is 6. The van der Waals surface area contributed by atoms with Gasteiger partial charge in [-0.25, -0.2) is 9.37 Å². The fraction of sp³-hybridized carbons (Fsp3) is 0.156. The van der Waals surface area contributed by atoms with Crippen LogP contribution in [0, 0.1) is 12.7 Å². The van der Waals surface area contributed by atoms with Crippen LogP contribution in [0.5, 0.6) is 0 Å². The minimum absolute atomic E-state index is 0.315. The molecule has 0 aliphatic rings. The molecule has 0 aliphatic heterocycles. The van der Waals surface area contributed by atoms with Crippen LogP contribution in [0.25, 0.3) is 33.6 Å². The molecule has 3 N–H and O–H groups in total. The van der Waals surface area contributed by atoms with Gasteiger partial charge in [-0.05, 0) is 69.4 Å². The van der Waals surface area contributed by atoms with Crippen LogP contribution >= 0.6 is 0 Å². The Labute approximate surface area is 234 Å². The highest BCUT2D eigenvalue weighted by Gasteiger charge is 2.18. The molecule has 4 aromatic rings. The fourth-order valence-corrected chi connectivity index (χ4v) is 4.42. The molecule has 3 aromatic heterocycles. The van der Waals surface area contributed by atoms with Gasteiger partial charge in [-0.15, -0.1) is 0 Å². The SMILES string of the molecule is C=C/C=C(/c1cccc(F)c1)c1nc(-c2n[nH]c3cnc(C(/C=C(\C=C)NC(=C)CN(C)C)=C/C)cc23)[nH]c1C. The quantitative estimate of drug-likeness (QED) is 0.190. The summed E-state index contributed by atoms with van der Waals surface area (Å²) in [4.78, 5) is 14.9. The number of imidazole rings is 1. The zero-order valence-electron chi connectivity index (χ0n) is 23.3. The summed E-state index contributed by atoms with van der Waals surface area (Å²) in [7, 11) is 3.98. The Bertz CT molecular complexity index is 1660. The van der Waals surface area contributed by atoms with E-state index in [2.05, 4.69) is 45.2 Å². The minimum atomic E-state index is -0.315. The maximum atomic E-state index is 14.0. The van der Waals surface area contributed by atoms with Gasteiger partial charge in [-0.2, -0.15) is 5.10 Å². The number of rotatable bonds is 11. The molecule has 204 valence electrons. The minimum Gasteiger partial charge on any atom is -0.358 e. The molecule has 0 amide bonds. The Morgan fingerprint density at radius 3 is 2.67 bits per heavy atom. The zero-order chi connectivity index (χ0) is 28.8. The Balaban J connectivity index is 1.72. The number of hydrogen-bond acceptors (Lipinski definition) is 5. The summed E-state index contributed by atoms with van der Waals surface area (Å²) in [5.74, 6) is 0.276. The van der Waals surface area contributed by atoms with Gasteiger partial charge in [0, 0.05) is 34.6 Å². The van der Waals surface area contributed by atoms with E-state index < -0.39 is 0 Å². The van der Waals surface area contributed by atoms with Gasteiger partial charge >= 0.3 is 0 Å². The third-order valence-corrected chi connectivity index (χ3v) is 6.20. The number of pyridine rings is 1. The van der Waals surface area contributed by atoms with Crippen LogP contribution in [0.3, 0.4) is 0 Å². The zero-order valence-corrected chi connectivity index (χ0v) is 23.3. The van der Waals surface area contributed by atoms with Gasteiger partial charge in [0.2, 0.25) is 0 Å². The number of nitrogens with one attached hydrogen (secondary N) is 3. The summed E-state index contributed by atoms with van der Waals surface area (Å²) >= 11 is 0. The summed E-state index contributed by atoms with van der Waals surface area (Å²) < 4.78 is 14.0. The van der Waals surface area contributed by atoms with Crippen molar-refractivity contribution in [2.24, 2.45) is 0 Å². The molecule has 40 heavy (non-hydrogen) atoms. The van der Waals surface area contributed by atoms with E-state index in [1.807, 2.05) is 63.2 Å². The van der Waals surface area contributed by atoms with Crippen molar-refractivity contribution in [3.63, 3.8) is 0 Å². The average molecular weight is 536 g/mol. The third-order valence-electron chi connectivity index (χ3n) is 6.20. The molecule has 0 bridgehead atoms. The van der Waals surface area contributed by atoms with Crippen molar-refractivity contribution in [1.29, 1.82) is 0 Å². The van der Waals surface area contributed by atoms with Gasteiger partial charge in [0.1, 0.15) is 11.5 Å². The van der Waals surface area contributed by atoms with Crippen molar-refractivity contribution >= 4 is 22.0 Å². The predicted octanol–water partition coefficient (Wildman–Crippen LogP) is 6.55. The first-order chi connectivity index (χ1) is 19.2. The monoisotopic (exact) mass is 535 g/mol. The second kappa shape index (κ2) is 12.4. The molecular formula is C32H34FN7. The molecule has 0 saturated carbocycles. The van der Waals surface area contributed by atoms with Crippen LogP contribution in [-0.4, -0.2) is 50.7 Å². The Morgan fingerprint density at radius 2 is 2.00 bits per heavy atom. The highest BCUT2D eigenvalue weighted by Crippen LogP contribution is 2.31. The van der Waals surface area contributed by atoms with Crippen molar-refractivity contribution in [1.82, 2.24) is 35.4 Å². The van der Waals surface area contributed by atoms with E-state index in [1.54, 1.807) is 24.4 Å². The number of halogens is 1. The van der Waals surface area contributed by atoms with Crippen molar-refractivity contribution < 1.29 is 4.39 Å². The third kappa shape index (κ3) is 6.24. The standard InChI is InChI=1S/C32H34FN7/c1-8-12-26(23-13-11-14-24(33)15-23)30-21(5)36-32(37-30)31-27-17-28(34-18-29(27)38-39-31)22(9-2)16-25(10-3)35-20(4)19-40(6)7/h8-18,35H,1,3-4,19H2,2,5-7H3,(H,36,37)(H,38,39)/b22-9+,25-16+,26-12-. The Hall–Kier alpha value is -4.82. The number of aryl methyl sites for hydroxylation is 1. The first-order valence-corrected chi connectivity index (χ1v) is 12.8. The first-order valence-electron chi connectivity index (χ1n) is 12.8. The molecule has 3 heterocycles. The maximum absolute atomic E-state index is 14.0. The molecule has 4 rings (SSSR count). The van der Waals surface area contributed by atoms with Gasteiger partial charge < -0.3 is 15.2 Å². The Kier molecular flexibility index (Phi) is 8.71. The van der Waals surface area contributed by atoms with E-state index in [4.69, 9.17) is 4.98 Å². The fourth-order valence-electron chi connectivity index (χ4n) is 4.42. The highest BCUT2D eigenvalue weighted by atomic mass is 19.1. The number of nitrogens with zero attached hydrogens (tertiary/aromatic N) is 4. The molecule has 0 fully saturated rings. The van der Waals surface area contributed by atoms with E-state index in [0.717, 1.165) is 44.8 Å². The van der Waals surface area contributed by atoms with E-state index >= 15 is 0 Å². The smallest absolute Gasteiger partial charge is 0.159 e. The van der Waals surface area contributed by atoms with Crippen LogP contribution in [0.1, 0.15) is 29.6 Å². The molecule has 8 heteroatoms. The largest absolute Gasteiger partial charge is 0.358 e. The van der Waals surface area contributed by atoms with Crippen LogP contribution < -0.4 is 5.32 Å². The van der Waals surface area contributed by atoms with Gasteiger partial charge in [0.25, 0.3) is 0 Å². The second-order valence-electron chi connectivity index (χ2n) is 9.59. The molecule has 7 nitrogen and oxygen atoms in total. The Morgan fingerprint density at radius 1 is 1.20 bits per heavy atom. The summed E-state index contributed by atoms with van der Waals surface area (Å²) in [5, 5.41) is 11.8. The van der Waals surface area contributed by atoms with Crippen molar-refractivity contribution in [2.75, 3.05) is 20.6 Å². The number of benzene rings is 1. The van der Waals surface area contributed by atoms with Crippen molar-refractivity contribution in [3.05, 3.63) is 127 Å². The summed E-state index contributed by atoms with van der Waals surface area (Å²) in [6, 6.07) is 8.42. The second-order valence-corrected chi connectivity index (χ2v) is 9.59. The van der Waals surface area contributed by atoms with E-state index in [0.29, 0.717) is 29.3 Å². The molecule has 0 atom stereocenters. The van der Waals surface area contributed by atoms with Gasteiger partial charge in [0.05, 0.1) is 23.1 Å². The number of H-pyrrole nitrogens is 2. The molecule has 0 saturated heterocycles. The molecule has 1 aromatic carbocycles. The van der Waals surface area contributed by atoms with Crippen LogP contribution in [0.15, 0.2) is 98.0 Å². The average Bonchev–Trinajstić information content (AvgIpc) is 3.51. The number of aromatic nitrogens is 5. The van der Waals surface area contributed by atoms with Gasteiger partial charge in [-0.1, -0.05) is 50.1 Å². The van der Waals surface area contributed by atoms with E-state index in [1.165, 1.54) is 12.1 Å². The lowest BCUT2D eigenvalue weighted by Gasteiger charge is -2.15. The predicted molar refractivity (Wildman–Crippen MR) is 163 cm³/mol. The summed E-state index contributed by atoms with van der Waals surface area (Å²) in [6.07, 6.45) is 11.0. The van der Waals surface area contributed by atoms with Crippen LogP contribution in [0.4, 0.5) is 4.39 Å². The van der Waals surface area contributed by atoms with Crippen molar-refractivity contribution in [2.45, 2.75) is 13.8 Å². The van der Waals surface area contributed by atoms with E-state index in [-0.39, 0.29) is 5.82 Å². The summed E-state index contributed by atoms with van der Waals surface area (Å²) in [5.41, 5.74) is 7.80.